The van der Waals surface area contributed by atoms with E-state index < -0.39 is 21.7 Å². The summed E-state index contributed by atoms with van der Waals surface area (Å²) in [5.41, 5.74) is 0.679. The van der Waals surface area contributed by atoms with Gasteiger partial charge in [0.1, 0.15) is 0 Å². The summed E-state index contributed by atoms with van der Waals surface area (Å²) >= 11 is 0. The topological polar surface area (TPSA) is 80.7 Å². The second kappa shape index (κ2) is 6.61. The van der Waals surface area contributed by atoms with Crippen LogP contribution in [0.15, 0.2) is 29.2 Å². The number of carbonyl (C=O) groups is 1. The zero-order valence-electron chi connectivity index (χ0n) is 13.0. The fourth-order valence-electron chi connectivity index (χ4n) is 3.16. The van der Waals surface area contributed by atoms with Crippen LogP contribution in [0.1, 0.15) is 43.6 Å². The lowest BCUT2D eigenvalue weighted by atomic mass is 9.85. The molecule has 1 aliphatic carbocycles. The molecule has 0 spiro atoms. The van der Waals surface area contributed by atoms with E-state index in [2.05, 4.69) is 0 Å². The molecular formula is C17H22O5S. The lowest BCUT2D eigenvalue weighted by Crippen LogP contribution is -2.21. The average Bonchev–Trinajstić information content (AvgIpc) is 3.39. The standard InChI is InChI=1S/C17H22O5S/c18-17(19)16(11-12-7-9-22-10-8-12)13-1-3-14(4-2-13)23(20,21)15-5-6-15/h1-4,12,15-16H,5-11H2,(H,18,19). The van der Waals surface area contributed by atoms with Gasteiger partial charge in [-0.3, -0.25) is 4.79 Å². The largest absolute Gasteiger partial charge is 0.481 e. The van der Waals surface area contributed by atoms with E-state index in [-0.39, 0.29) is 5.25 Å². The maximum Gasteiger partial charge on any atom is 0.310 e. The Labute approximate surface area is 136 Å². The van der Waals surface area contributed by atoms with E-state index in [1.165, 1.54) is 0 Å². The van der Waals surface area contributed by atoms with Crippen molar-refractivity contribution in [3.63, 3.8) is 0 Å². The average molecular weight is 338 g/mol. The van der Waals surface area contributed by atoms with E-state index in [1.54, 1.807) is 24.3 Å². The number of aliphatic carboxylic acids is 1. The van der Waals surface area contributed by atoms with Gasteiger partial charge in [0.05, 0.1) is 16.1 Å². The third-order valence-electron chi connectivity index (χ3n) is 4.78. The van der Waals surface area contributed by atoms with Gasteiger partial charge >= 0.3 is 5.97 Å². The monoisotopic (exact) mass is 338 g/mol. The second-order valence-corrected chi connectivity index (χ2v) is 8.72. The number of hydrogen-bond donors (Lipinski definition) is 1. The van der Waals surface area contributed by atoms with Crippen molar-refractivity contribution >= 4 is 15.8 Å². The van der Waals surface area contributed by atoms with Crippen LogP contribution < -0.4 is 0 Å². The summed E-state index contributed by atoms with van der Waals surface area (Å²) in [4.78, 5) is 11.9. The molecule has 23 heavy (non-hydrogen) atoms. The van der Waals surface area contributed by atoms with Crippen molar-refractivity contribution in [3.8, 4) is 0 Å². The van der Waals surface area contributed by atoms with Crippen molar-refractivity contribution < 1.29 is 23.1 Å². The quantitative estimate of drug-likeness (QED) is 0.862. The van der Waals surface area contributed by atoms with E-state index in [4.69, 9.17) is 4.74 Å². The highest BCUT2D eigenvalue weighted by Crippen LogP contribution is 2.35. The molecule has 1 saturated carbocycles. The molecule has 2 fully saturated rings. The van der Waals surface area contributed by atoms with Crippen LogP contribution in [0.25, 0.3) is 0 Å². The fraction of sp³-hybridized carbons (Fsp3) is 0.588. The van der Waals surface area contributed by atoms with Crippen LogP contribution in [0.3, 0.4) is 0 Å². The predicted molar refractivity (Wildman–Crippen MR) is 85.2 cm³/mol. The molecule has 5 nitrogen and oxygen atoms in total. The smallest absolute Gasteiger partial charge is 0.310 e. The molecule has 1 aromatic rings. The van der Waals surface area contributed by atoms with Crippen molar-refractivity contribution in [2.24, 2.45) is 5.92 Å². The minimum atomic E-state index is -3.22. The van der Waals surface area contributed by atoms with E-state index in [1.807, 2.05) is 0 Å². The number of sulfone groups is 1. The summed E-state index contributed by atoms with van der Waals surface area (Å²) < 4.78 is 29.7. The minimum Gasteiger partial charge on any atom is -0.481 e. The van der Waals surface area contributed by atoms with Gasteiger partial charge in [0, 0.05) is 13.2 Å². The first-order valence-electron chi connectivity index (χ1n) is 8.13. The number of carboxylic acid groups (broad SMARTS) is 1. The maximum atomic E-state index is 12.2. The van der Waals surface area contributed by atoms with Gasteiger partial charge in [-0.15, -0.1) is 0 Å². The predicted octanol–water partition coefficient (Wildman–Crippen LogP) is 2.61. The van der Waals surface area contributed by atoms with Crippen molar-refractivity contribution in [1.82, 2.24) is 0 Å². The molecule has 3 rings (SSSR count). The van der Waals surface area contributed by atoms with Gasteiger partial charge in [-0.25, -0.2) is 8.42 Å². The molecule has 0 amide bonds. The summed E-state index contributed by atoms with van der Waals surface area (Å²) in [5.74, 6) is -1.09. The van der Waals surface area contributed by atoms with Crippen molar-refractivity contribution in [2.75, 3.05) is 13.2 Å². The van der Waals surface area contributed by atoms with Crippen LogP contribution in [0, 0.1) is 5.92 Å². The normalized spacial score (nSPS) is 21.0. The van der Waals surface area contributed by atoms with Crippen molar-refractivity contribution in [1.29, 1.82) is 0 Å². The van der Waals surface area contributed by atoms with Crippen LogP contribution >= 0.6 is 0 Å². The molecule has 0 bridgehead atoms. The van der Waals surface area contributed by atoms with E-state index in [9.17, 15) is 18.3 Å². The molecular weight excluding hydrogens is 316 g/mol. The Hall–Kier alpha value is -1.40. The van der Waals surface area contributed by atoms with Gasteiger partial charge in [0.25, 0.3) is 0 Å². The summed E-state index contributed by atoms with van der Waals surface area (Å²) in [6.07, 6.45) is 3.81. The van der Waals surface area contributed by atoms with Gasteiger partial charge in [0.15, 0.2) is 9.84 Å². The Morgan fingerprint density at radius 2 is 1.74 bits per heavy atom. The maximum absolute atomic E-state index is 12.2. The van der Waals surface area contributed by atoms with Gasteiger partial charge in [-0.1, -0.05) is 12.1 Å². The zero-order valence-corrected chi connectivity index (χ0v) is 13.8. The highest BCUT2D eigenvalue weighted by molar-refractivity contribution is 7.92. The van der Waals surface area contributed by atoms with Crippen LogP contribution in [-0.4, -0.2) is 38.0 Å². The molecule has 0 radical (unpaired) electrons. The number of hydrogen-bond acceptors (Lipinski definition) is 4. The zero-order chi connectivity index (χ0) is 16.4. The molecule has 1 saturated heterocycles. The lowest BCUT2D eigenvalue weighted by Gasteiger charge is -2.25. The van der Waals surface area contributed by atoms with E-state index in [0.717, 1.165) is 25.7 Å². The van der Waals surface area contributed by atoms with Gasteiger partial charge in [0.2, 0.25) is 0 Å². The highest BCUT2D eigenvalue weighted by Gasteiger charge is 2.37. The molecule has 126 valence electrons. The molecule has 1 N–H and O–H groups in total. The van der Waals surface area contributed by atoms with E-state index in [0.29, 0.717) is 36.0 Å². The molecule has 1 atom stereocenters. The summed E-state index contributed by atoms with van der Waals surface area (Å²) in [7, 11) is -3.22. The summed E-state index contributed by atoms with van der Waals surface area (Å²) in [6.45, 7) is 1.38. The van der Waals surface area contributed by atoms with Crippen molar-refractivity contribution in [2.45, 2.75) is 48.2 Å². The first-order valence-corrected chi connectivity index (χ1v) is 9.67. The number of carboxylic acids is 1. The van der Waals surface area contributed by atoms with Crippen LogP contribution in [0.4, 0.5) is 0 Å². The summed E-state index contributed by atoms with van der Waals surface area (Å²) in [6, 6.07) is 6.44. The number of ether oxygens (including phenoxy) is 1. The molecule has 0 aromatic heterocycles. The first-order chi connectivity index (χ1) is 11.0. The minimum absolute atomic E-state index is 0.245. The van der Waals surface area contributed by atoms with Crippen LogP contribution in [0.2, 0.25) is 0 Å². The lowest BCUT2D eigenvalue weighted by molar-refractivity contribution is -0.139. The Morgan fingerprint density at radius 3 is 2.26 bits per heavy atom. The van der Waals surface area contributed by atoms with Gasteiger partial charge in [-0.2, -0.15) is 0 Å². The molecule has 1 heterocycles. The molecule has 1 aromatic carbocycles. The van der Waals surface area contributed by atoms with Gasteiger partial charge in [-0.05, 0) is 55.7 Å². The third kappa shape index (κ3) is 3.75. The molecule has 2 aliphatic rings. The van der Waals surface area contributed by atoms with Gasteiger partial charge < -0.3 is 9.84 Å². The summed E-state index contributed by atoms with van der Waals surface area (Å²) in [5, 5.41) is 9.29. The van der Waals surface area contributed by atoms with Crippen molar-refractivity contribution in [3.05, 3.63) is 29.8 Å². The number of benzene rings is 1. The fourth-order valence-corrected chi connectivity index (χ4v) is 4.81. The highest BCUT2D eigenvalue weighted by atomic mass is 32.2. The SMILES string of the molecule is O=C(O)C(CC1CCOCC1)c1ccc(S(=O)(=O)C2CC2)cc1. The van der Waals surface area contributed by atoms with E-state index >= 15 is 0 Å². The first kappa shape index (κ1) is 16.5. The Morgan fingerprint density at radius 1 is 1.13 bits per heavy atom. The number of rotatable bonds is 6. The second-order valence-electron chi connectivity index (χ2n) is 6.50. The molecule has 6 heteroatoms. The Balaban J connectivity index is 1.75. The van der Waals surface area contributed by atoms with Crippen LogP contribution in [-0.2, 0) is 19.4 Å². The van der Waals surface area contributed by atoms with Crippen LogP contribution in [0.5, 0.6) is 0 Å². The molecule has 1 aliphatic heterocycles. The Kier molecular flexibility index (Phi) is 4.73. The third-order valence-corrected chi connectivity index (χ3v) is 7.06. The Bertz CT molecular complexity index is 655. The molecule has 1 unspecified atom stereocenters.